The van der Waals surface area contributed by atoms with Crippen molar-refractivity contribution >= 4 is 17.5 Å². The number of carbonyl (C=O) groups excluding carboxylic acids is 1. The van der Waals surface area contributed by atoms with Crippen molar-refractivity contribution in [1.29, 1.82) is 0 Å². The summed E-state index contributed by atoms with van der Waals surface area (Å²) in [4.78, 5) is 14.7. The first-order valence-corrected chi connectivity index (χ1v) is 9.87. The highest BCUT2D eigenvalue weighted by Gasteiger charge is 2.72. The van der Waals surface area contributed by atoms with Gasteiger partial charge in [-0.1, -0.05) is 59.7 Å². The zero-order valence-corrected chi connectivity index (χ0v) is 16.1. The van der Waals surface area contributed by atoms with Gasteiger partial charge in [0.1, 0.15) is 5.78 Å². The zero-order chi connectivity index (χ0) is 17.0. The van der Waals surface area contributed by atoms with Crippen LogP contribution in [0.2, 0.25) is 0 Å². The molecule has 2 fully saturated rings. The zero-order valence-electron chi connectivity index (χ0n) is 15.3. The molecule has 2 saturated carbocycles. The lowest BCUT2D eigenvalue weighted by molar-refractivity contribution is -0.129. The van der Waals surface area contributed by atoms with Gasteiger partial charge in [0.2, 0.25) is 0 Å². The van der Waals surface area contributed by atoms with E-state index in [1.807, 2.05) is 11.8 Å². The van der Waals surface area contributed by atoms with Crippen LogP contribution in [0.5, 0.6) is 0 Å². The van der Waals surface area contributed by atoms with Crippen LogP contribution in [-0.4, -0.2) is 11.0 Å². The molecule has 2 heteroatoms. The van der Waals surface area contributed by atoms with Crippen molar-refractivity contribution in [2.24, 2.45) is 34.5 Å². The fraction of sp³-hybridized carbons (Fsp3) is 0.667. The lowest BCUT2D eigenvalue weighted by atomic mass is 9.60. The van der Waals surface area contributed by atoms with Crippen LogP contribution < -0.4 is 0 Å². The van der Waals surface area contributed by atoms with Gasteiger partial charge < -0.3 is 0 Å². The summed E-state index contributed by atoms with van der Waals surface area (Å²) in [6.07, 6.45) is 1.04. The Hall–Kier alpha value is -0.760. The van der Waals surface area contributed by atoms with Crippen molar-refractivity contribution in [3.63, 3.8) is 0 Å². The van der Waals surface area contributed by atoms with Crippen LogP contribution in [0.4, 0.5) is 0 Å². The molecule has 0 N–H and O–H groups in total. The van der Waals surface area contributed by atoms with Gasteiger partial charge in [0.05, 0.1) is 0 Å². The van der Waals surface area contributed by atoms with Gasteiger partial charge in [-0.2, -0.15) is 0 Å². The normalized spacial score (nSPS) is 39.7. The van der Waals surface area contributed by atoms with Gasteiger partial charge in [0, 0.05) is 21.0 Å². The Kier molecular flexibility index (Phi) is 4.20. The average Bonchev–Trinajstić information content (AvgIpc) is 2.78. The minimum absolute atomic E-state index is 0.135. The van der Waals surface area contributed by atoms with E-state index in [2.05, 4.69) is 71.9 Å². The smallest absolute Gasteiger partial charge is 0.146 e. The van der Waals surface area contributed by atoms with Gasteiger partial charge in [-0.15, -0.1) is 11.8 Å². The van der Waals surface area contributed by atoms with Crippen molar-refractivity contribution in [2.75, 3.05) is 0 Å². The molecule has 1 aromatic carbocycles. The van der Waals surface area contributed by atoms with E-state index in [1.54, 1.807) is 0 Å². The van der Waals surface area contributed by atoms with Gasteiger partial charge in [0.15, 0.2) is 0 Å². The Bertz CT molecular complexity index is 593. The summed E-state index contributed by atoms with van der Waals surface area (Å²) in [5.41, 5.74) is -0.317. The Balaban J connectivity index is 2.00. The van der Waals surface area contributed by atoms with Gasteiger partial charge in [0.25, 0.3) is 0 Å². The van der Waals surface area contributed by atoms with E-state index in [9.17, 15) is 4.79 Å². The second-order valence-electron chi connectivity index (χ2n) is 8.69. The van der Waals surface area contributed by atoms with E-state index >= 15 is 0 Å². The number of carbonyl (C=O) groups is 1. The van der Waals surface area contributed by atoms with Crippen LogP contribution in [0.3, 0.4) is 0 Å². The second kappa shape index (κ2) is 5.65. The fourth-order valence-corrected chi connectivity index (χ4v) is 7.54. The Morgan fingerprint density at radius 1 is 1.00 bits per heavy atom. The molecule has 1 nitrogen and oxygen atoms in total. The van der Waals surface area contributed by atoms with E-state index < -0.39 is 0 Å². The molecule has 2 aliphatic carbocycles. The van der Waals surface area contributed by atoms with Crippen molar-refractivity contribution in [2.45, 2.75) is 58.1 Å². The molecular weight excluding hydrogens is 300 g/mol. The van der Waals surface area contributed by atoms with E-state index in [1.165, 1.54) is 4.90 Å². The summed E-state index contributed by atoms with van der Waals surface area (Å²) in [6.45, 7) is 13.8. The van der Waals surface area contributed by atoms with Gasteiger partial charge >= 0.3 is 0 Å². The molecule has 0 saturated heterocycles. The molecule has 0 amide bonds. The molecule has 0 aromatic heterocycles. The monoisotopic (exact) mass is 330 g/mol. The van der Waals surface area contributed by atoms with E-state index in [0.717, 1.165) is 6.42 Å². The largest absolute Gasteiger partial charge is 0.298 e. The first-order valence-electron chi connectivity index (χ1n) is 8.99. The molecule has 126 valence electrons. The number of rotatable bonds is 4. The number of benzene rings is 1. The fourth-order valence-electron chi connectivity index (χ4n) is 5.96. The molecule has 5 atom stereocenters. The molecule has 0 radical (unpaired) electrons. The van der Waals surface area contributed by atoms with Crippen molar-refractivity contribution in [1.82, 2.24) is 0 Å². The Morgan fingerprint density at radius 3 is 2.09 bits per heavy atom. The van der Waals surface area contributed by atoms with Crippen molar-refractivity contribution in [3.05, 3.63) is 30.3 Å². The van der Waals surface area contributed by atoms with Gasteiger partial charge in [-0.3, -0.25) is 4.79 Å². The molecular formula is C21H30OS. The Morgan fingerprint density at radius 2 is 1.57 bits per heavy atom. The van der Waals surface area contributed by atoms with Crippen LogP contribution >= 0.6 is 11.8 Å². The third kappa shape index (κ3) is 2.32. The lowest BCUT2D eigenvalue weighted by Gasteiger charge is -2.47. The van der Waals surface area contributed by atoms with E-state index in [0.29, 0.717) is 34.7 Å². The first kappa shape index (κ1) is 17.1. The summed E-state index contributed by atoms with van der Waals surface area (Å²) in [7, 11) is 0. The number of ketones is 1. The summed E-state index contributed by atoms with van der Waals surface area (Å²) in [5.74, 6) is 2.68. The SMILES string of the molecule is CC(C)[C@@H]1[C@@H](C(C)C)[C@@]2(C)C[C@H](Sc3ccccc3)[C@]1(C)C2=O. The molecule has 2 aliphatic rings. The van der Waals surface area contributed by atoms with Crippen LogP contribution in [0.15, 0.2) is 35.2 Å². The second-order valence-corrected chi connectivity index (χ2v) is 9.97. The number of hydrogen-bond donors (Lipinski definition) is 0. The van der Waals surface area contributed by atoms with Crippen LogP contribution in [0.25, 0.3) is 0 Å². The lowest BCUT2D eigenvalue weighted by Crippen LogP contribution is -2.44. The van der Waals surface area contributed by atoms with Gasteiger partial charge in [-0.25, -0.2) is 0 Å². The third-order valence-corrected chi connectivity index (χ3v) is 8.04. The molecule has 23 heavy (non-hydrogen) atoms. The Labute approximate surface area is 145 Å². The molecule has 0 heterocycles. The van der Waals surface area contributed by atoms with Crippen LogP contribution in [0, 0.1) is 34.5 Å². The number of thioether (sulfide) groups is 1. The quantitative estimate of drug-likeness (QED) is 0.705. The van der Waals surface area contributed by atoms with E-state index in [4.69, 9.17) is 0 Å². The summed E-state index contributed by atoms with van der Waals surface area (Å²) >= 11 is 1.93. The highest BCUT2D eigenvalue weighted by molar-refractivity contribution is 8.00. The summed E-state index contributed by atoms with van der Waals surface area (Å²) in [6, 6.07) is 10.6. The highest BCUT2D eigenvalue weighted by Crippen LogP contribution is 2.70. The minimum Gasteiger partial charge on any atom is -0.298 e. The minimum atomic E-state index is -0.182. The van der Waals surface area contributed by atoms with Crippen LogP contribution in [0.1, 0.15) is 48.0 Å². The number of fused-ring (bicyclic) bond motifs is 2. The van der Waals surface area contributed by atoms with Crippen LogP contribution in [-0.2, 0) is 4.79 Å². The molecule has 1 aromatic rings. The third-order valence-electron chi connectivity index (χ3n) is 6.56. The predicted octanol–water partition coefficient (Wildman–Crippen LogP) is 5.69. The maximum absolute atomic E-state index is 13.4. The number of Topliss-reactive ketones (excluding diaryl/α,β-unsaturated/α-hetero) is 1. The average molecular weight is 331 g/mol. The molecule has 0 spiro atoms. The first-order chi connectivity index (χ1) is 10.7. The summed E-state index contributed by atoms with van der Waals surface area (Å²) in [5, 5.41) is 0.407. The maximum atomic E-state index is 13.4. The highest BCUT2D eigenvalue weighted by atomic mass is 32.2. The standard InChI is InChI=1S/C21H30OS/c1-13(2)17-18(14(3)4)21(6)16(12-20(17,5)19(21)22)23-15-10-8-7-9-11-15/h7-11,13-14,16-18H,12H2,1-6H3/t16-,17+,18+,20+,21-/m0/s1. The molecule has 2 bridgehead atoms. The van der Waals surface area contributed by atoms with Crippen molar-refractivity contribution in [3.8, 4) is 0 Å². The molecule has 3 rings (SSSR count). The van der Waals surface area contributed by atoms with Crippen molar-refractivity contribution < 1.29 is 4.79 Å². The predicted molar refractivity (Wildman–Crippen MR) is 98.6 cm³/mol. The number of hydrogen-bond acceptors (Lipinski definition) is 2. The topological polar surface area (TPSA) is 17.1 Å². The molecule has 0 aliphatic heterocycles. The maximum Gasteiger partial charge on any atom is 0.146 e. The molecule has 0 unspecified atom stereocenters. The van der Waals surface area contributed by atoms with E-state index in [-0.39, 0.29) is 10.8 Å². The van der Waals surface area contributed by atoms with Gasteiger partial charge in [-0.05, 0) is 42.2 Å². The summed E-state index contributed by atoms with van der Waals surface area (Å²) < 4.78 is 0.